The van der Waals surface area contributed by atoms with Crippen molar-refractivity contribution in [1.29, 1.82) is 0 Å². The van der Waals surface area contributed by atoms with Gasteiger partial charge in [-0.3, -0.25) is 9.69 Å². The molecule has 0 atom stereocenters. The van der Waals surface area contributed by atoms with Gasteiger partial charge in [0.1, 0.15) is 0 Å². The predicted molar refractivity (Wildman–Crippen MR) is 130 cm³/mol. The molecule has 0 saturated carbocycles. The zero-order valence-corrected chi connectivity index (χ0v) is 18.3. The molecule has 4 aromatic rings. The van der Waals surface area contributed by atoms with Gasteiger partial charge >= 0.3 is 0 Å². The number of carbonyl (C=O) groups excluding carboxylic acids is 1. The first-order chi connectivity index (χ1) is 16.2. The number of amides is 1. The fraction of sp³-hybridized carbons (Fsp3) is 0.192. The van der Waals surface area contributed by atoms with Crippen LogP contribution in [-0.4, -0.2) is 52.0 Å². The van der Waals surface area contributed by atoms with Crippen molar-refractivity contribution in [2.24, 2.45) is 0 Å². The van der Waals surface area contributed by atoms with E-state index in [2.05, 4.69) is 67.8 Å². The quantitative estimate of drug-likeness (QED) is 0.496. The minimum atomic E-state index is -0.278. The minimum absolute atomic E-state index is 0.275. The highest BCUT2D eigenvalue weighted by molar-refractivity contribution is 6.02. The number of benzene rings is 3. The smallest absolute Gasteiger partial charge is 0.277 e. The van der Waals surface area contributed by atoms with Crippen molar-refractivity contribution >= 4 is 17.3 Å². The fourth-order valence-electron chi connectivity index (χ4n) is 4.01. The minimum Gasteiger partial charge on any atom is -0.369 e. The van der Waals surface area contributed by atoms with Gasteiger partial charge in [0.05, 0.1) is 11.9 Å². The number of piperazine rings is 1. The summed E-state index contributed by atoms with van der Waals surface area (Å²) in [5.74, 6) is -0.278. The van der Waals surface area contributed by atoms with E-state index in [-0.39, 0.29) is 11.6 Å². The number of aromatic nitrogens is 3. The number of para-hydroxylation sites is 1. The molecule has 1 amide bonds. The largest absolute Gasteiger partial charge is 0.369 e. The molecule has 7 heteroatoms. The maximum absolute atomic E-state index is 12.6. The Morgan fingerprint density at radius 2 is 1.45 bits per heavy atom. The van der Waals surface area contributed by atoms with E-state index in [1.54, 1.807) is 0 Å². The molecule has 0 bridgehead atoms. The lowest BCUT2D eigenvalue weighted by Crippen LogP contribution is -2.45. The second kappa shape index (κ2) is 9.67. The Kier molecular flexibility index (Phi) is 6.12. The molecule has 1 saturated heterocycles. The summed E-state index contributed by atoms with van der Waals surface area (Å²) in [5, 5.41) is 11.4. The van der Waals surface area contributed by atoms with E-state index >= 15 is 0 Å². The average molecular weight is 439 g/mol. The highest BCUT2D eigenvalue weighted by Gasteiger charge is 2.18. The Morgan fingerprint density at radius 1 is 0.788 bits per heavy atom. The van der Waals surface area contributed by atoms with Crippen LogP contribution in [0.15, 0.2) is 91.1 Å². The number of hydrogen-bond acceptors (Lipinski definition) is 5. The highest BCUT2D eigenvalue weighted by atomic mass is 16.2. The molecule has 0 unspecified atom stereocenters. The van der Waals surface area contributed by atoms with E-state index in [0.29, 0.717) is 0 Å². The predicted octanol–water partition coefficient (Wildman–Crippen LogP) is 3.84. The maximum Gasteiger partial charge on any atom is 0.277 e. The molecule has 1 aromatic heterocycles. The average Bonchev–Trinajstić information content (AvgIpc) is 3.37. The first-order valence-corrected chi connectivity index (χ1v) is 11.1. The van der Waals surface area contributed by atoms with Crippen LogP contribution in [0.3, 0.4) is 0 Å². The van der Waals surface area contributed by atoms with Crippen LogP contribution < -0.4 is 10.2 Å². The summed E-state index contributed by atoms with van der Waals surface area (Å²) in [7, 11) is 0. The molecular weight excluding hydrogens is 412 g/mol. The van der Waals surface area contributed by atoms with Crippen LogP contribution in [0.5, 0.6) is 0 Å². The molecule has 1 aliphatic heterocycles. The third-order valence-electron chi connectivity index (χ3n) is 5.82. The normalized spacial score (nSPS) is 14.2. The number of carbonyl (C=O) groups is 1. The molecule has 166 valence electrons. The molecule has 3 aromatic carbocycles. The summed E-state index contributed by atoms with van der Waals surface area (Å²) in [6, 6.07) is 28.1. The van der Waals surface area contributed by atoms with Crippen molar-refractivity contribution in [2.45, 2.75) is 6.54 Å². The molecule has 1 aliphatic rings. The fourth-order valence-corrected chi connectivity index (χ4v) is 4.01. The number of rotatable bonds is 6. The van der Waals surface area contributed by atoms with Gasteiger partial charge in [-0.05, 0) is 42.0 Å². The van der Waals surface area contributed by atoms with Crippen molar-refractivity contribution in [1.82, 2.24) is 19.9 Å². The highest BCUT2D eigenvalue weighted by Crippen LogP contribution is 2.20. The van der Waals surface area contributed by atoms with Crippen molar-refractivity contribution in [2.75, 3.05) is 36.4 Å². The topological polar surface area (TPSA) is 66.3 Å². The maximum atomic E-state index is 12.6. The third-order valence-corrected chi connectivity index (χ3v) is 5.82. The van der Waals surface area contributed by atoms with Crippen LogP contribution in [-0.2, 0) is 6.54 Å². The van der Waals surface area contributed by atoms with Gasteiger partial charge in [0.15, 0.2) is 5.69 Å². The van der Waals surface area contributed by atoms with Gasteiger partial charge in [0, 0.05) is 44.1 Å². The molecule has 0 radical (unpaired) electrons. The van der Waals surface area contributed by atoms with Gasteiger partial charge in [-0.1, -0.05) is 48.5 Å². The summed E-state index contributed by atoms with van der Waals surface area (Å²) in [5.41, 5.74) is 4.35. The molecule has 33 heavy (non-hydrogen) atoms. The monoisotopic (exact) mass is 438 g/mol. The molecule has 0 aliphatic carbocycles. The third kappa shape index (κ3) is 5.10. The van der Waals surface area contributed by atoms with E-state index in [1.165, 1.54) is 22.2 Å². The summed E-state index contributed by atoms with van der Waals surface area (Å²) >= 11 is 0. The number of hydrogen-bond donors (Lipinski definition) is 1. The second-order valence-corrected chi connectivity index (χ2v) is 8.10. The van der Waals surface area contributed by atoms with Crippen molar-refractivity contribution in [3.8, 4) is 5.69 Å². The first kappa shape index (κ1) is 20.9. The molecule has 1 fully saturated rings. The summed E-state index contributed by atoms with van der Waals surface area (Å²) in [4.78, 5) is 18.9. The van der Waals surface area contributed by atoms with Crippen LogP contribution >= 0.6 is 0 Å². The lowest BCUT2D eigenvalue weighted by atomic mass is 10.2. The van der Waals surface area contributed by atoms with E-state index in [9.17, 15) is 4.79 Å². The summed E-state index contributed by atoms with van der Waals surface area (Å²) in [6.07, 6.45) is 1.48. The van der Waals surface area contributed by atoms with Gasteiger partial charge in [-0.2, -0.15) is 9.90 Å². The van der Waals surface area contributed by atoms with E-state index in [1.807, 2.05) is 42.5 Å². The zero-order valence-electron chi connectivity index (χ0n) is 18.3. The van der Waals surface area contributed by atoms with Crippen LogP contribution in [0.4, 0.5) is 11.4 Å². The van der Waals surface area contributed by atoms with Crippen LogP contribution in [0.1, 0.15) is 16.1 Å². The lowest BCUT2D eigenvalue weighted by molar-refractivity contribution is 0.102. The van der Waals surface area contributed by atoms with E-state index in [4.69, 9.17) is 0 Å². The van der Waals surface area contributed by atoms with Gasteiger partial charge in [-0.25, -0.2) is 0 Å². The van der Waals surface area contributed by atoms with E-state index < -0.39 is 0 Å². The second-order valence-electron chi connectivity index (χ2n) is 8.10. The number of nitrogens with zero attached hydrogens (tertiary/aromatic N) is 5. The number of nitrogens with one attached hydrogen (secondary N) is 1. The van der Waals surface area contributed by atoms with Crippen LogP contribution in [0.2, 0.25) is 0 Å². The van der Waals surface area contributed by atoms with Crippen molar-refractivity contribution in [3.63, 3.8) is 0 Å². The van der Waals surface area contributed by atoms with Crippen molar-refractivity contribution in [3.05, 3.63) is 102 Å². The molecular formula is C26H26N6O. The Hall–Kier alpha value is -3.97. The molecule has 1 N–H and O–H groups in total. The molecule has 7 nitrogen and oxygen atoms in total. The van der Waals surface area contributed by atoms with Gasteiger partial charge in [0.2, 0.25) is 0 Å². The van der Waals surface area contributed by atoms with Crippen molar-refractivity contribution < 1.29 is 4.79 Å². The number of anilines is 2. The lowest BCUT2D eigenvalue weighted by Gasteiger charge is -2.36. The SMILES string of the molecule is O=C(Nc1ccc(N2CCN(Cc3ccccc3)CC2)cc1)c1cnn(-c2ccccc2)n1. The molecule has 2 heterocycles. The molecule has 5 rings (SSSR count). The summed E-state index contributed by atoms with van der Waals surface area (Å²) < 4.78 is 0. The Morgan fingerprint density at radius 3 is 2.15 bits per heavy atom. The Balaban J connectivity index is 1.15. The standard InChI is InChI=1S/C26H26N6O/c33-26(25-19-27-32(29-25)24-9-5-2-6-10-24)28-22-11-13-23(14-12-22)31-17-15-30(16-18-31)20-21-7-3-1-4-8-21/h1-14,19H,15-18,20H2,(H,28,33). The Labute approximate surface area is 193 Å². The van der Waals surface area contributed by atoms with Crippen LogP contribution in [0, 0.1) is 0 Å². The van der Waals surface area contributed by atoms with Gasteiger partial charge < -0.3 is 10.2 Å². The first-order valence-electron chi connectivity index (χ1n) is 11.1. The van der Waals surface area contributed by atoms with E-state index in [0.717, 1.165) is 44.1 Å². The zero-order chi connectivity index (χ0) is 22.5. The Bertz CT molecular complexity index is 1180. The van der Waals surface area contributed by atoms with Crippen LogP contribution in [0.25, 0.3) is 5.69 Å². The molecule has 0 spiro atoms. The van der Waals surface area contributed by atoms with Gasteiger partial charge in [0.25, 0.3) is 5.91 Å². The van der Waals surface area contributed by atoms with Gasteiger partial charge in [-0.15, -0.1) is 5.10 Å². The summed E-state index contributed by atoms with van der Waals surface area (Å²) in [6.45, 7) is 5.03.